The van der Waals surface area contributed by atoms with E-state index < -0.39 is 5.97 Å². The van der Waals surface area contributed by atoms with E-state index in [9.17, 15) is 4.79 Å². The van der Waals surface area contributed by atoms with Gasteiger partial charge in [0.15, 0.2) is 0 Å². The van der Waals surface area contributed by atoms with E-state index in [1.807, 2.05) is 48.5 Å². The summed E-state index contributed by atoms with van der Waals surface area (Å²) in [5.74, 6) is -0.195. The molecule has 4 heteroatoms. The van der Waals surface area contributed by atoms with Crippen LogP contribution in [0.5, 0.6) is 5.75 Å². The van der Waals surface area contributed by atoms with Gasteiger partial charge in [-0.05, 0) is 47.0 Å². The second-order valence-electron chi connectivity index (χ2n) is 5.06. The normalized spacial score (nSPS) is 10.3. The van der Waals surface area contributed by atoms with Crippen LogP contribution in [0.25, 0.3) is 11.1 Å². The lowest BCUT2D eigenvalue weighted by Crippen LogP contribution is -1.96. The quantitative estimate of drug-likeness (QED) is 0.773. The molecule has 0 atom stereocenters. The highest BCUT2D eigenvalue weighted by Crippen LogP contribution is 2.22. The highest BCUT2D eigenvalue weighted by Gasteiger charge is 2.04. The Morgan fingerprint density at radius 2 is 1.83 bits per heavy atom. The first-order valence-electron chi connectivity index (χ1n) is 7.18. The van der Waals surface area contributed by atoms with Crippen molar-refractivity contribution in [3.05, 3.63) is 84.2 Å². The molecular weight excluding hydrogens is 290 g/mol. The number of ether oxygens (including phenoxy) is 1. The van der Waals surface area contributed by atoms with Gasteiger partial charge in [-0.2, -0.15) is 0 Å². The van der Waals surface area contributed by atoms with Crippen molar-refractivity contribution in [1.29, 1.82) is 0 Å². The second-order valence-corrected chi connectivity index (χ2v) is 5.06. The Balaban J connectivity index is 1.75. The number of nitrogens with zero attached hydrogens (tertiary/aromatic N) is 1. The second kappa shape index (κ2) is 6.75. The highest BCUT2D eigenvalue weighted by atomic mass is 16.5. The van der Waals surface area contributed by atoms with Gasteiger partial charge in [0.05, 0.1) is 11.8 Å². The van der Waals surface area contributed by atoms with E-state index in [4.69, 9.17) is 9.84 Å². The Hall–Kier alpha value is -3.14. The van der Waals surface area contributed by atoms with Crippen LogP contribution < -0.4 is 4.74 Å². The minimum atomic E-state index is -0.921. The Morgan fingerprint density at radius 1 is 1.00 bits per heavy atom. The molecule has 114 valence electrons. The average molecular weight is 305 g/mol. The third-order valence-electron chi connectivity index (χ3n) is 3.43. The van der Waals surface area contributed by atoms with Gasteiger partial charge in [-0.25, -0.2) is 4.79 Å². The van der Waals surface area contributed by atoms with Crippen LogP contribution in [0.4, 0.5) is 0 Å². The molecule has 0 saturated heterocycles. The van der Waals surface area contributed by atoms with Crippen LogP contribution in [0.2, 0.25) is 0 Å². The zero-order valence-corrected chi connectivity index (χ0v) is 12.3. The van der Waals surface area contributed by atoms with Crippen molar-refractivity contribution in [2.24, 2.45) is 0 Å². The standard InChI is InChI=1S/C19H15NO3/c21-19(22)16-8-6-15(7-9-16)17-4-1-3-14(11-17)13-23-18-5-2-10-20-12-18/h1-12H,13H2,(H,21,22). The van der Waals surface area contributed by atoms with E-state index in [1.54, 1.807) is 24.5 Å². The van der Waals surface area contributed by atoms with Crippen LogP contribution in [-0.4, -0.2) is 16.1 Å². The molecule has 23 heavy (non-hydrogen) atoms. The van der Waals surface area contributed by atoms with Crippen LogP contribution in [-0.2, 0) is 6.61 Å². The highest BCUT2D eigenvalue weighted by molar-refractivity contribution is 5.88. The van der Waals surface area contributed by atoms with Crippen molar-refractivity contribution in [2.45, 2.75) is 6.61 Å². The van der Waals surface area contributed by atoms with Crippen molar-refractivity contribution < 1.29 is 14.6 Å². The molecule has 0 aliphatic heterocycles. The molecule has 0 bridgehead atoms. The third-order valence-corrected chi connectivity index (χ3v) is 3.43. The van der Waals surface area contributed by atoms with Crippen molar-refractivity contribution in [3.63, 3.8) is 0 Å². The Kier molecular flexibility index (Phi) is 4.34. The minimum Gasteiger partial charge on any atom is -0.487 e. The smallest absolute Gasteiger partial charge is 0.335 e. The number of carboxylic acids is 1. The van der Waals surface area contributed by atoms with Gasteiger partial charge in [0.1, 0.15) is 12.4 Å². The van der Waals surface area contributed by atoms with E-state index in [-0.39, 0.29) is 5.56 Å². The molecule has 1 aromatic heterocycles. The van der Waals surface area contributed by atoms with Gasteiger partial charge in [0.25, 0.3) is 0 Å². The summed E-state index contributed by atoms with van der Waals surface area (Å²) in [6.07, 6.45) is 3.38. The van der Waals surface area contributed by atoms with Crippen molar-refractivity contribution in [1.82, 2.24) is 4.98 Å². The third kappa shape index (κ3) is 3.74. The lowest BCUT2D eigenvalue weighted by atomic mass is 10.0. The van der Waals surface area contributed by atoms with Crippen LogP contribution in [0.3, 0.4) is 0 Å². The summed E-state index contributed by atoms with van der Waals surface area (Å²) in [6.45, 7) is 0.451. The molecule has 0 fully saturated rings. The number of pyridine rings is 1. The molecule has 0 radical (unpaired) electrons. The first-order chi connectivity index (χ1) is 11.2. The fourth-order valence-corrected chi connectivity index (χ4v) is 2.25. The maximum atomic E-state index is 10.9. The van der Waals surface area contributed by atoms with Gasteiger partial charge in [-0.15, -0.1) is 0 Å². The summed E-state index contributed by atoms with van der Waals surface area (Å²) in [5, 5.41) is 8.95. The first kappa shape index (κ1) is 14.8. The van der Waals surface area contributed by atoms with E-state index in [1.165, 1.54) is 0 Å². The number of hydrogen-bond donors (Lipinski definition) is 1. The maximum Gasteiger partial charge on any atom is 0.335 e. The van der Waals surface area contributed by atoms with Gasteiger partial charge in [-0.1, -0.05) is 30.3 Å². The van der Waals surface area contributed by atoms with E-state index in [2.05, 4.69) is 4.98 Å². The van der Waals surface area contributed by atoms with Gasteiger partial charge in [-0.3, -0.25) is 4.98 Å². The number of carboxylic acid groups (broad SMARTS) is 1. The van der Waals surface area contributed by atoms with Crippen molar-refractivity contribution in [2.75, 3.05) is 0 Å². The SMILES string of the molecule is O=C(O)c1ccc(-c2cccc(COc3cccnc3)c2)cc1. The zero-order valence-electron chi connectivity index (χ0n) is 12.3. The average Bonchev–Trinajstić information content (AvgIpc) is 2.61. The summed E-state index contributed by atoms with van der Waals surface area (Å²) in [5.41, 5.74) is 3.31. The van der Waals surface area contributed by atoms with Crippen molar-refractivity contribution in [3.8, 4) is 16.9 Å². The number of rotatable bonds is 5. The molecule has 0 unspecified atom stereocenters. The van der Waals surface area contributed by atoms with E-state index in [0.717, 1.165) is 22.4 Å². The predicted molar refractivity (Wildman–Crippen MR) is 87.4 cm³/mol. The monoisotopic (exact) mass is 305 g/mol. The molecule has 0 spiro atoms. The number of aromatic nitrogens is 1. The Labute approximate surface area is 134 Å². The van der Waals surface area contributed by atoms with Gasteiger partial charge in [0.2, 0.25) is 0 Å². The van der Waals surface area contributed by atoms with E-state index in [0.29, 0.717) is 6.61 Å². The topological polar surface area (TPSA) is 59.4 Å². The van der Waals surface area contributed by atoms with Crippen LogP contribution in [0, 0.1) is 0 Å². The fourth-order valence-electron chi connectivity index (χ4n) is 2.25. The van der Waals surface area contributed by atoms with Gasteiger partial charge in [0, 0.05) is 6.20 Å². The molecular formula is C19H15NO3. The fraction of sp³-hybridized carbons (Fsp3) is 0.0526. The first-order valence-corrected chi connectivity index (χ1v) is 7.18. The summed E-state index contributed by atoms with van der Waals surface area (Å²) in [7, 11) is 0. The summed E-state index contributed by atoms with van der Waals surface area (Å²) >= 11 is 0. The number of aromatic carboxylic acids is 1. The molecule has 0 aliphatic rings. The van der Waals surface area contributed by atoms with Crippen LogP contribution in [0.15, 0.2) is 73.1 Å². The van der Waals surface area contributed by atoms with Gasteiger partial charge >= 0.3 is 5.97 Å². The summed E-state index contributed by atoms with van der Waals surface area (Å²) < 4.78 is 5.69. The van der Waals surface area contributed by atoms with Gasteiger partial charge < -0.3 is 9.84 Å². The molecule has 4 nitrogen and oxygen atoms in total. The van der Waals surface area contributed by atoms with E-state index >= 15 is 0 Å². The molecule has 0 amide bonds. The minimum absolute atomic E-state index is 0.282. The molecule has 2 aromatic carbocycles. The Bertz CT molecular complexity index is 798. The van der Waals surface area contributed by atoms with Crippen LogP contribution in [0.1, 0.15) is 15.9 Å². The number of hydrogen-bond acceptors (Lipinski definition) is 3. The Morgan fingerprint density at radius 3 is 2.52 bits per heavy atom. The molecule has 3 rings (SSSR count). The maximum absolute atomic E-state index is 10.9. The number of benzene rings is 2. The van der Waals surface area contributed by atoms with Crippen molar-refractivity contribution >= 4 is 5.97 Å². The lowest BCUT2D eigenvalue weighted by Gasteiger charge is -2.08. The van der Waals surface area contributed by atoms with Crippen LogP contribution >= 0.6 is 0 Å². The summed E-state index contributed by atoms with van der Waals surface area (Å²) in [4.78, 5) is 14.9. The lowest BCUT2D eigenvalue weighted by molar-refractivity contribution is 0.0697. The zero-order chi connectivity index (χ0) is 16.1. The molecule has 1 N–H and O–H groups in total. The molecule has 0 aliphatic carbocycles. The molecule has 0 saturated carbocycles. The predicted octanol–water partition coefficient (Wildman–Crippen LogP) is 4.03. The summed E-state index contributed by atoms with van der Waals surface area (Å²) in [6, 6.07) is 18.5. The molecule has 1 heterocycles. The molecule has 3 aromatic rings. The number of carbonyl (C=O) groups is 1. The largest absolute Gasteiger partial charge is 0.487 e.